The van der Waals surface area contributed by atoms with E-state index >= 15 is 0 Å². The zero-order valence-corrected chi connectivity index (χ0v) is 13.0. The summed E-state index contributed by atoms with van der Waals surface area (Å²) in [6.07, 6.45) is 3.32. The fraction of sp³-hybridized carbons (Fsp3) is 0.500. The van der Waals surface area contributed by atoms with Gasteiger partial charge in [-0.3, -0.25) is 0 Å². The summed E-state index contributed by atoms with van der Waals surface area (Å²) in [5, 5.41) is 12.1. The third-order valence-electron chi connectivity index (χ3n) is 2.71. The molecule has 1 rings (SSSR count). The molecule has 20 heavy (non-hydrogen) atoms. The quantitative estimate of drug-likeness (QED) is 0.774. The molecule has 6 nitrogen and oxygen atoms in total. The molecule has 0 atom stereocenters. The topological polar surface area (TPSA) is 86.1 Å². The summed E-state index contributed by atoms with van der Waals surface area (Å²) in [6.45, 7) is 3.19. The Labute approximate surface area is 124 Å². The summed E-state index contributed by atoms with van der Waals surface area (Å²) in [7, 11) is -3.16. The number of hydrogen-bond acceptors (Lipinski definition) is 5. The minimum Gasteiger partial charge on any atom is -0.369 e. The van der Waals surface area contributed by atoms with Gasteiger partial charge in [0.25, 0.3) is 0 Å². The first-order chi connectivity index (χ1) is 9.40. The normalized spacial score (nSPS) is 11.3. The molecule has 1 aromatic heterocycles. The average Bonchev–Trinajstić information content (AvgIpc) is 2.39. The highest BCUT2D eigenvalue weighted by Gasteiger charge is 2.13. The molecule has 0 aliphatic rings. The highest BCUT2D eigenvalue weighted by molar-refractivity contribution is 7.88. The predicted molar refractivity (Wildman–Crippen MR) is 79.2 cm³/mol. The number of halogens is 1. The van der Waals surface area contributed by atoms with Crippen LogP contribution in [-0.4, -0.2) is 43.6 Å². The van der Waals surface area contributed by atoms with Crippen molar-refractivity contribution >= 4 is 27.4 Å². The Kier molecular flexibility index (Phi) is 6.20. The van der Waals surface area contributed by atoms with Crippen LogP contribution in [0.25, 0.3) is 0 Å². The Bertz CT molecular complexity index is 598. The second kappa shape index (κ2) is 7.43. The van der Waals surface area contributed by atoms with E-state index in [1.807, 2.05) is 6.07 Å². The van der Waals surface area contributed by atoms with Crippen LogP contribution in [0.2, 0.25) is 5.02 Å². The zero-order valence-electron chi connectivity index (χ0n) is 11.4. The molecule has 1 aromatic rings. The van der Waals surface area contributed by atoms with Crippen molar-refractivity contribution < 1.29 is 8.42 Å². The SMILES string of the molecule is CCN(CCCNc1nccc(C#N)c1Cl)S(C)(=O)=O. The minimum absolute atomic E-state index is 0.283. The van der Waals surface area contributed by atoms with Gasteiger partial charge in [-0.25, -0.2) is 17.7 Å². The van der Waals surface area contributed by atoms with Gasteiger partial charge < -0.3 is 5.32 Å². The van der Waals surface area contributed by atoms with Gasteiger partial charge in [0.15, 0.2) is 0 Å². The maximum atomic E-state index is 11.4. The van der Waals surface area contributed by atoms with E-state index in [0.717, 1.165) is 0 Å². The third-order valence-corrected chi connectivity index (χ3v) is 4.47. The molecule has 0 spiro atoms. The molecule has 0 aliphatic heterocycles. The number of nitrogens with zero attached hydrogens (tertiary/aromatic N) is 3. The first kappa shape index (κ1) is 16.7. The maximum absolute atomic E-state index is 11.4. The molecule has 110 valence electrons. The van der Waals surface area contributed by atoms with Gasteiger partial charge in [-0.15, -0.1) is 0 Å². The van der Waals surface area contributed by atoms with E-state index in [1.54, 1.807) is 6.92 Å². The molecule has 0 saturated carbocycles. The van der Waals surface area contributed by atoms with Crippen molar-refractivity contribution in [2.24, 2.45) is 0 Å². The smallest absolute Gasteiger partial charge is 0.211 e. The summed E-state index contributed by atoms with van der Waals surface area (Å²) >= 11 is 6.00. The van der Waals surface area contributed by atoms with E-state index in [0.29, 0.717) is 37.4 Å². The van der Waals surface area contributed by atoms with Crippen LogP contribution >= 0.6 is 11.6 Å². The van der Waals surface area contributed by atoms with Crippen LogP contribution in [0.3, 0.4) is 0 Å². The van der Waals surface area contributed by atoms with Gasteiger partial charge in [0.1, 0.15) is 16.9 Å². The zero-order chi connectivity index (χ0) is 15.2. The molecule has 1 heterocycles. The summed E-state index contributed by atoms with van der Waals surface area (Å²) in [4.78, 5) is 4.05. The van der Waals surface area contributed by atoms with Gasteiger partial charge in [-0.1, -0.05) is 18.5 Å². The Morgan fingerprint density at radius 1 is 1.55 bits per heavy atom. The minimum atomic E-state index is -3.16. The molecule has 0 unspecified atom stereocenters. The Morgan fingerprint density at radius 3 is 2.80 bits per heavy atom. The molecular weight excluding hydrogens is 300 g/mol. The maximum Gasteiger partial charge on any atom is 0.211 e. The Balaban J connectivity index is 2.52. The number of aromatic nitrogens is 1. The monoisotopic (exact) mass is 316 g/mol. The Morgan fingerprint density at radius 2 is 2.25 bits per heavy atom. The summed E-state index contributed by atoms with van der Waals surface area (Å²) in [5.41, 5.74) is 0.357. The number of sulfonamides is 1. The molecular formula is C12H17ClN4O2S. The largest absolute Gasteiger partial charge is 0.369 e. The number of rotatable bonds is 7. The van der Waals surface area contributed by atoms with Crippen molar-refractivity contribution in [2.45, 2.75) is 13.3 Å². The van der Waals surface area contributed by atoms with Crippen LogP contribution in [-0.2, 0) is 10.0 Å². The fourth-order valence-electron chi connectivity index (χ4n) is 1.67. The number of anilines is 1. The van der Waals surface area contributed by atoms with Crippen LogP contribution in [0.4, 0.5) is 5.82 Å². The van der Waals surface area contributed by atoms with Gasteiger partial charge in [0, 0.05) is 25.8 Å². The van der Waals surface area contributed by atoms with Gasteiger partial charge in [0.05, 0.1) is 11.8 Å². The van der Waals surface area contributed by atoms with Crippen LogP contribution in [0, 0.1) is 11.3 Å². The first-order valence-electron chi connectivity index (χ1n) is 6.13. The second-order valence-electron chi connectivity index (χ2n) is 4.17. The predicted octanol–water partition coefficient (Wildman–Crippen LogP) is 1.69. The van der Waals surface area contributed by atoms with E-state index < -0.39 is 10.0 Å². The number of nitrogens with one attached hydrogen (secondary N) is 1. The van der Waals surface area contributed by atoms with Crippen LogP contribution < -0.4 is 5.32 Å². The van der Waals surface area contributed by atoms with Gasteiger partial charge in [-0.05, 0) is 12.5 Å². The lowest BCUT2D eigenvalue weighted by atomic mass is 10.3. The first-order valence-corrected chi connectivity index (χ1v) is 8.36. The van der Waals surface area contributed by atoms with Crippen molar-refractivity contribution in [2.75, 3.05) is 31.2 Å². The van der Waals surface area contributed by atoms with Gasteiger partial charge in [-0.2, -0.15) is 5.26 Å². The number of pyridine rings is 1. The Hall–Kier alpha value is -1.36. The highest BCUT2D eigenvalue weighted by atomic mass is 35.5. The lowest BCUT2D eigenvalue weighted by Crippen LogP contribution is -2.31. The number of hydrogen-bond donors (Lipinski definition) is 1. The lowest BCUT2D eigenvalue weighted by Gasteiger charge is -2.17. The van der Waals surface area contributed by atoms with Crippen molar-refractivity contribution in [3.8, 4) is 6.07 Å². The molecule has 0 saturated heterocycles. The molecule has 1 N–H and O–H groups in total. The lowest BCUT2D eigenvalue weighted by molar-refractivity contribution is 0.428. The van der Waals surface area contributed by atoms with Crippen molar-refractivity contribution in [3.63, 3.8) is 0 Å². The van der Waals surface area contributed by atoms with Crippen molar-refractivity contribution in [3.05, 3.63) is 22.8 Å². The average molecular weight is 317 g/mol. The van der Waals surface area contributed by atoms with Gasteiger partial charge in [0.2, 0.25) is 10.0 Å². The molecule has 0 bridgehead atoms. The van der Waals surface area contributed by atoms with E-state index in [1.165, 1.54) is 22.8 Å². The summed E-state index contributed by atoms with van der Waals surface area (Å²) < 4.78 is 24.2. The van der Waals surface area contributed by atoms with Crippen molar-refractivity contribution in [1.82, 2.24) is 9.29 Å². The standard InChI is InChI=1S/C12H17ClN4O2S/c1-3-17(20(2,18)19)8-4-6-15-12-11(13)10(9-14)5-7-16-12/h5,7H,3-4,6,8H2,1-2H3,(H,15,16). The summed E-state index contributed by atoms with van der Waals surface area (Å²) in [5.74, 6) is 0.438. The van der Waals surface area contributed by atoms with Crippen LogP contribution in [0.5, 0.6) is 0 Å². The van der Waals surface area contributed by atoms with E-state index in [-0.39, 0.29) is 5.02 Å². The van der Waals surface area contributed by atoms with Gasteiger partial charge >= 0.3 is 0 Å². The summed E-state index contributed by atoms with van der Waals surface area (Å²) in [6, 6.07) is 3.51. The van der Waals surface area contributed by atoms with E-state index in [9.17, 15) is 8.42 Å². The molecule has 0 amide bonds. The van der Waals surface area contributed by atoms with E-state index in [4.69, 9.17) is 16.9 Å². The molecule has 8 heteroatoms. The van der Waals surface area contributed by atoms with E-state index in [2.05, 4.69) is 10.3 Å². The molecule has 0 fully saturated rings. The second-order valence-corrected chi connectivity index (χ2v) is 6.53. The highest BCUT2D eigenvalue weighted by Crippen LogP contribution is 2.22. The molecule has 0 aromatic carbocycles. The molecule has 0 aliphatic carbocycles. The fourth-order valence-corrected chi connectivity index (χ4v) is 2.82. The molecule has 0 radical (unpaired) electrons. The third kappa shape index (κ3) is 4.63. The van der Waals surface area contributed by atoms with Crippen LogP contribution in [0.1, 0.15) is 18.9 Å². The van der Waals surface area contributed by atoms with Crippen LogP contribution in [0.15, 0.2) is 12.3 Å². The number of nitriles is 1. The van der Waals surface area contributed by atoms with Crippen molar-refractivity contribution in [1.29, 1.82) is 5.26 Å².